The number of nitrogens with one attached hydrogen (secondary N) is 1. The van der Waals surface area contributed by atoms with E-state index in [1.807, 2.05) is 6.07 Å². The van der Waals surface area contributed by atoms with Crippen LogP contribution in [0.1, 0.15) is 48.0 Å². The first-order chi connectivity index (χ1) is 13.3. The Hall–Kier alpha value is -2.31. The van der Waals surface area contributed by atoms with Crippen LogP contribution in [0.25, 0.3) is 0 Å². The van der Waals surface area contributed by atoms with Gasteiger partial charge in [-0.2, -0.15) is 0 Å². The van der Waals surface area contributed by atoms with Crippen molar-refractivity contribution in [1.29, 1.82) is 0 Å². The van der Waals surface area contributed by atoms with Crippen LogP contribution in [-0.4, -0.2) is 26.4 Å². The van der Waals surface area contributed by atoms with Crippen molar-refractivity contribution >= 4 is 23.0 Å². The Labute approximate surface area is 164 Å². The lowest BCUT2D eigenvalue weighted by Gasteiger charge is -2.30. The van der Waals surface area contributed by atoms with E-state index in [2.05, 4.69) is 61.7 Å². The topological polar surface area (TPSA) is 53.9 Å². The molecule has 140 valence electrons. The zero-order valence-electron chi connectivity index (χ0n) is 15.6. The number of thiazole rings is 1. The van der Waals surface area contributed by atoms with Gasteiger partial charge in [-0.15, -0.1) is 11.3 Å². The molecule has 5 nitrogen and oxygen atoms in total. The smallest absolute Gasteiger partial charge is 0.227 e. The van der Waals surface area contributed by atoms with Gasteiger partial charge in [0.05, 0.1) is 10.7 Å². The molecule has 0 aliphatic carbocycles. The van der Waals surface area contributed by atoms with Crippen LogP contribution in [0.5, 0.6) is 0 Å². The van der Waals surface area contributed by atoms with E-state index in [-0.39, 0.29) is 0 Å². The zero-order valence-corrected chi connectivity index (χ0v) is 16.5. The lowest BCUT2D eigenvalue weighted by Crippen LogP contribution is -2.28. The van der Waals surface area contributed by atoms with Gasteiger partial charge in [0.25, 0.3) is 0 Å². The highest BCUT2D eigenvalue weighted by atomic mass is 32.1. The number of anilines is 2. The van der Waals surface area contributed by atoms with Crippen molar-refractivity contribution in [2.45, 2.75) is 45.2 Å². The Morgan fingerprint density at radius 3 is 2.85 bits per heavy atom. The Bertz CT molecular complexity index is 864. The summed E-state index contributed by atoms with van der Waals surface area (Å²) in [6.07, 6.45) is 8.53. The molecule has 1 aromatic carbocycles. The third kappa shape index (κ3) is 4.70. The first-order valence-corrected chi connectivity index (χ1v) is 10.4. The molecule has 1 aliphatic rings. The fraction of sp³-hybridized carbons (Fsp3) is 0.381. The van der Waals surface area contributed by atoms with E-state index < -0.39 is 0 Å². The predicted molar refractivity (Wildman–Crippen MR) is 110 cm³/mol. The molecule has 4 rings (SSSR count). The summed E-state index contributed by atoms with van der Waals surface area (Å²) in [5, 5.41) is 6.66. The van der Waals surface area contributed by atoms with Crippen LogP contribution in [0.4, 0.5) is 11.6 Å². The third-order valence-corrected chi connectivity index (χ3v) is 5.81. The van der Waals surface area contributed by atoms with Gasteiger partial charge in [-0.05, 0) is 50.1 Å². The molecule has 3 aromatic rings. The van der Waals surface area contributed by atoms with Crippen molar-refractivity contribution in [2.24, 2.45) is 0 Å². The molecular weight excluding hydrogens is 354 g/mol. The molecular formula is C21H25N5S. The van der Waals surface area contributed by atoms with Gasteiger partial charge in [-0.25, -0.2) is 15.0 Å². The van der Waals surface area contributed by atoms with Crippen molar-refractivity contribution in [1.82, 2.24) is 19.9 Å². The Morgan fingerprint density at radius 1 is 1.15 bits per heavy atom. The van der Waals surface area contributed by atoms with E-state index in [1.165, 1.54) is 36.9 Å². The minimum absolute atomic E-state index is 0.424. The zero-order chi connectivity index (χ0) is 18.5. The van der Waals surface area contributed by atoms with Gasteiger partial charge in [0.2, 0.25) is 5.95 Å². The van der Waals surface area contributed by atoms with Crippen molar-refractivity contribution in [3.63, 3.8) is 0 Å². The summed E-state index contributed by atoms with van der Waals surface area (Å²) < 4.78 is 0. The quantitative estimate of drug-likeness (QED) is 0.668. The number of benzene rings is 1. The minimum atomic E-state index is 0.424. The maximum atomic E-state index is 4.68. The average Bonchev–Trinajstić information content (AvgIpc) is 2.96. The molecule has 6 heteroatoms. The van der Waals surface area contributed by atoms with Gasteiger partial charge in [0.1, 0.15) is 0 Å². The number of hydrogen-bond donors (Lipinski definition) is 1. The highest BCUT2D eigenvalue weighted by Gasteiger charge is 2.23. The van der Waals surface area contributed by atoms with Crippen molar-refractivity contribution in [3.05, 3.63) is 64.4 Å². The van der Waals surface area contributed by atoms with Crippen LogP contribution in [0, 0.1) is 6.92 Å². The Kier molecular flexibility index (Phi) is 5.75. The number of likely N-dealkylation sites (tertiary alicyclic amines) is 1. The first-order valence-electron chi connectivity index (χ1n) is 9.57. The van der Waals surface area contributed by atoms with Gasteiger partial charge in [0.15, 0.2) is 0 Å². The fourth-order valence-electron chi connectivity index (χ4n) is 3.74. The van der Waals surface area contributed by atoms with Crippen molar-refractivity contribution < 1.29 is 0 Å². The largest absolute Gasteiger partial charge is 0.324 e. The number of aryl methyl sites for hydroxylation is 1. The molecule has 0 radical (unpaired) electrons. The van der Waals surface area contributed by atoms with E-state index in [0.717, 1.165) is 23.8 Å². The van der Waals surface area contributed by atoms with Crippen LogP contribution in [-0.2, 0) is 6.54 Å². The summed E-state index contributed by atoms with van der Waals surface area (Å²) in [5.74, 6) is 0.630. The molecule has 27 heavy (non-hydrogen) atoms. The summed E-state index contributed by atoms with van der Waals surface area (Å²) >= 11 is 1.74. The monoisotopic (exact) mass is 379 g/mol. The molecule has 0 saturated carbocycles. The van der Waals surface area contributed by atoms with E-state index in [4.69, 9.17) is 0 Å². The van der Waals surface area contributed by atoms with E-state index in [0.29, 0.717) is 12.0 Å². The van der Waals surface area contributed by atoms with Crippen LogP contribution < -0.4 is 5.32 Å². The Morgan fingerprint density at radius 2 is 2.04 bits per heavy atom. The lowest BCUT2D eigenvalue weighted by atomic mass is 10.00. The normalized spacial score (nSPS) is 18.2. The van der Waals surface area contributed by atoms with Crippen LogP contribution in [0.2, 0.25) is 0 Å². The molecule has 2 aromatic heterocycles. The molecule has 0 spiro atoms. The molecule has 1 fully saturated rings. The molecule has 1 saturated heterocycles. The second-order valence-corrected chi connectivity index (χ2v) is 8.08. The maximum absolute atomic E-state index is 4.68. The summed E-state index contributed by atoms with van der Waals surface area (Å²) in [7, 11) is 0. The second kappa shape index (κ2) is 8.59. The highest BCUT2D eigenvalue weighted by molar-refractivity contribution is 7.09. The molecule has 1 N–H and O–H groups in total. The standard InChI is InChI=1S/C21H25N5S/c1-16-24-19(15-27-16)14-26-12-4-2-3-9-20(26)17-7-5-8-18(13-17)25-21-22-10-6-11-23-21/h5-8,10-11,13,15,20H,2-4,9,12,14H2,1H3,(H,22,23,25). The fourth-order valence-corrected chi connectivity index (χ4v) is 4.34. The van der Waals surface area contributed by atoms with Gasteiger partial charge in [-0.1, -0.05) is 25.0 Å². The van der Waals surface area contributed by atoms with Crippen LogP contribution in [0.3, 0.4) is 0 Å². The van der Waals surface area contributed by atoms with Gasteiger partial charge >= 0.3 is 0 Å². The first kappa shape index (κ1) is 18.1. The number of hydrogen-bond acceptors (Lipinski definition) is 6. The van der Waals surface area contributed by atoms with E-state index in [9.17, 15) is 0 Å². The summed E-state index contributed by atoms with van der Waals surface area (Å²) in [4.78, 5) is 15.8. The van der Waals surface area contributed by atoms with E-state index in [1.54, 1.807) is 23.7 Å². The highest BCUT2D eigenvalue weighted by Crippen LogP contribution is 2.33. The second-order valence-electron chi connectivity index (χ2n) is 7.02. The molecule has 1 atom stereocenters. The molecule has 0 bridgehead atoms. The molecule has 3 heterocycles. The Balaban J connectivity index is 1.55. The minimum Gasteiger partial charge on any atom is -0.324 e. The van der Waals surface area contributed by atoms with Gasteiger partial charge in [-0.3, -0.25) is 4.90 Å². The van der Waals surface area contributed by atoms with Gasteiger partial charge < -0.3 is 5.32 Å². The molecule has 0 amide bonds. The summed E-state index contributed by atoms with van der Waals surface area (Å²) in [6, 6.07) is 10.9. The maximum Gasteiger partial charge on any atom is 0.227 e. The summed E-state index contributed by atoms with van der Waals surface area (Å²) in [6.45, 7) is 4.13. The molecule has 1 aliphatic heterocycles. The SMILES string of the molecule is Cc1nc(CN2CCCCCC2c2cccc(Nc3ncccn3)c2)cs1. The van der Waals surface area contributed by atoms with E-state index >= 15 is 0 Å². The number of aromatic nitrogens is 3. The number of nitrogens with zero attached hydrogens (tertiary/aromatic N) is 4. The van der Waals surface area contributed by atoms with Crippen LogP contribution in [0.15, 0.2) is 48.1 Å². The average molecular weight is 380 g/mol. The number of rotatable bonds is 5. The third-order valence-electron chi connectivity index (χ3n) is 4.99. The lowest BCUT2D eigenvalue weighted by molar-refractivity contribution is 0.190. The van der Waals surface area contributed by atoms with Gasteiger partial charge in [0, 0.05) is 36.0 Å². The summed E-state index contributed by atoms with van der Waals surface area (Å²) in [5.41, 5.74) is 3.58. The van der Waals surface area contributed by atoms with Crippen molar-refractivity contribution in [2.75, 3.05) is 11.9 Å². The predicted octanol–water partition coefficient (Wildman–Crippen LogP) is 5.10. The van der Waals surface area contributed by atoms with Crippen molar-refractivity contribution in [3.8, 4) is 0 Å². The molecule has 1 unspecified atom stereocenters. The van der Waals surface area contributed by atoms with Crippen LogP contribution >= 0.6 is 11.3 Å².